The number of allylic oxidation sites excluding steroid dienone is 3. The maximum atomic E-state index is 3.19. The summed E-state index contributed by atoms with van der Waals surface area (Å²) in [4.78, 5) is 0. The van der Waals surface area contributed by atoms with E-state index in [9.17, 15) is 0 Å². The second-order valence-electron chi connectivity index (χ2n) is 2.74. The second-order valence-corrected chi connectivity index (χ2v) is 2.74. The highest BCUT2D eigenvalue weighted by Crippen LogP contribution is 2.15. The van der Waals surface area contributed by atoms with E-state index in [1.165, 1.54) is 30.5 Å². The molecular formula is C9H15N. The molecule has 0 aromatic carbocycles. The van der Waals surface area contributed by atoms with Crippen molar-refractivity contribution < 1.29 is 0 Å². The van der Waals surface area contributed by atoms with Crippen molar-refractivity contribution in [2.24, 2.45) is 0 Å². The van der Waals surface area contributed by atoms with Crippen LogP contribution in [-0.2, 0) is 0 Å². The maximum Gasteiger partial charge on any atom is 0.0323 e. The standard InChI is InChI=1S/C9H15N/c1-8-6-4-3-5-7-9(8)10-2/h5,7,10H,3-4,6H2,1-2H3. The molecule has 0 heterocycles. The zero-order valence-corrected chi connectivity index (χ0v) is 6.78. The number of likely N-dealkylation sites (N-methyl/N-ethyl adjacent to an activating group) is 1. The molecule has 10 heavy (non-hydrogen) atoms. The summed E-state index contributed by atoms with van der Waals surface area (Å²) in [5.74, 6) is 0. The van der Waals surface area contributed by atoms with E-state index in [-0.39, 0.29) is 0 Å². The number of hydrogen-bond acceptors (Lipinski definition) is 1. The van der Waals surface area contributed by atoms with Crippen LogP contribution in [0.1, 0.15) is 26.2 Å². The Bertz CT molecular complexity index is 166. The van der Waals surface area contributed by atoms with Crippen LogP contribution in [0.3, 0.4) is 0 Å². The molecule has 0 radical (unpaired) electrons. The van der Waals surface area contributed by atoms with Crippen molar-refractivity contribution in [3.05, 3.63) is 23.4 Å². The Morgan fingerprint density at radius 1 is 1.50 bits per heavy atom. The molecule has 0 atom stereocenters. The maximum absolute atomic E-state index is 3.19. The Balaban J connectivity index is 2.73. The van der Waals surface area contributed by atoms with Gasteiger partial charge in [-0.05, 0) is 32.3 Å². The molecule has 0 aromatic heterocycles. The SMILES string of the molecule is CNC1=C(C)CCCC=C1. The van der Waals surface area contributed by atoms with Crippen LogP contribution in [0, 0.1) is 0 Å². The van der Waals surface area contributed by atoms with E-state index in [2.05, 4.69) is 24.4 Å². The molecule has 0 spiro atoms. The Hall–Kier alpha value is -0.720. The van der Waals surface area contributed by atoms with Crippen LogP contribution in [-0.4, -0.2) is 7.05 Å². The highest BCUT2D eigenvalue weighted by atomic mass is 14.8. The fourth-order valence-electron chi connectivity index (χ4n) is 1.26. The molecule has 1 rings (SSSR count). The van der Waals surface area contributed by atoms with Crippen LogP contribution in [0.25, 0.3) is 0 Å². The molecule has 1 aliphatic rings. The predicted octanol–water partition coefficient (Wildman–Crippen LogP) is 2.22. The van der Waals surface area contributed by atoms with Crippen LogP contribution < -0.4 is 5.32 Å². The fraction of sp³-hybridized carbons (Fsp3) is 0.556. The molecule has 1 aliphatic carbocycles. The molecule has 0 amide bonds. The third-order valence-electron chi connectivity index (χ3n) is 1.94. The summed E-state index contributed by atoms with van der Waals surface area (Å²) in [6.45, 7) is 2.20. The van der Waals surface area contributed by atoms with Crippen molar-refractivity contribution >= 4 is 0 Å². The Kier molecular flexibility index (Phi) is 2.55. The molecule has 0 aromatic rings. The van der Waals surface area contributed by atoms with E-state index >= 15 is 0 Å². The van der Waals surface area contributed by atoms with E-state index < -0.39 is 0 Å². The smallest absolute Gasteiger partial charge is 0.0323 e. The van der Waals surface area contributed by atoms with E-state index in [1.807, 2.05) is 7.05 Å². The van der Waals surface area contributed by atoms with Crippen LogP contribution in [0.5, 0.6) is 0 Å². The molecule has 0 saturated carbocycles. The summed E-state index contributed by atoms with van der Waals surface area (Å²) in [5.41, 5.74) is 2.79. The molecule has 1 N–H and O–H groups in total. The summed E-state index contributed by atoms with van der Waals surface area (Å²) < 4.78 is 0. The molecule has 0 saturated heterocycles. The van der Waals surface area contributed by atoms with Gasteiger partial charge in [0.2, 0.25) is 0 Å². The van der Waals surface area contributed by atoms with Gasteiger partial charge in [0.25, 0.3) is 0 Å². The van der Waals surface area contributed by atoms with Gasteiger partial charge in [0.1, 0.15) is 0 Å². The van der Waals surface area contributed by atoms with Crippen molar-refractivity contribution in [2.75, 3.05) is 7.05 Å². The van der Waals surface area contributed by atoms with Gasteiger partial charge in [0, 0.05) is 12.7 Å². The van der Waals surface area contributed by atoms with Crippen LogP contribution in [0.15, 0.2) is 23.4 Å². The molecular weight excluding hydrogens is 122 g/mol. The van der Waals surface area contributed by atoms with Crippen molar-refractivity contribution in [2.45, 2.75) is 26.2 Å². The van der Waals surface area contributed by atoms with E-state index in [4.69, 9.17) is 0 Å². The van der Waals surface area contributed by atoms with Crippen molar-refractivity contribution in [3.8, 4) is 0 Å². The highest BCUT2D eigenvalue weighted by molar-refractivity contribution is 5.24. The summed E-state index contributed by atoms with van der Waals surface area (Å²) in [5, 5.41) is 3.19. The monoisotopic (exact) mass is 137 g/mol. The summed E-state index contributed by atoms with van der Waals surface area (Å²) in [6.07, 6.45) is 8.18. The zero-order chi connectivity index (χ0) is 7.40. The third kappa shape index (κ3) is 1.63. The van der Waals surface area contributed by atoms with Gasteiger partial charge in [0.05, 0.1) is 0 Å². The molecule has 1 nitrogen and oxygen atoms in total. The van der Waals surface area contributed by atoms with Crippen molar-refractivity contribution in [1.29, 1.82) is 0 Å². The Morgan fingerprint density at radius 3 is 3.00 bits per heavy atom. The third-order valence-corrected chi connectivity index (χ3v) is 1.94. The Morgan fingerprint density at radius 2 is 2.30 bits per heavy atom. The van der Waals surface area contributed by atoms with E-state index in [1.54, 1.807) is 0 Å². The van der Waals surface area contributed by atoms with Crippen LogP contribution in [0.4, 0.5) is 0 Å². The van der Waals surface area contributed by atoms with Gasteiger partial charge in [0.15, 0.2) is 0 Å². The first-order chi connectivity index (χ1) is 4.84. The summed E-state index contributed by atoms with van der Waals surface area (Å²) >= 11 is 0. The normalized spacial score (nSPS) is 19.0. The molecule has 1 heteroatoms. The fourth-order valence-corrected chi connectivity index (χ4v) is 1.26. The van der Waals surface area contributed by atoms with Gasteiger partial charge in [-0.3, -0.25) is 0 Å². The van der Waals surface area contributed by atoms with Crippen LogP contribution in [0.2, 0.25) is 0 Å². The Labute approximate surface area is 62.8 Å². The lowest BCUT2D eigenvalue weighted by Gasteiger charge is -2.03. The average molecular weight is 137 g/mol. The highest BCUT2D eigenvalue weighted by Gasteiger charge is 1.99. The lowest BCUT2D eigenvalue weighted by molar-refractivity contribution is 0.829. The van der Waals surface area contributed by atoms with Crippen molar-refractivity contribution in [1.82, 2.24) is 5.32 Å². The predicted molar refractivity (Wildman–Crippen MR) is 44.8 cm³/mol. The molecule has 0 bridgehead atoms. The quantitative estimate of drug-likeness (QED) is 0.584. The zero-order valence-electron chi connectivity index (χ0n) is 6.78. The van der Waals surface area contributed by atoms with Crippen molar-refractivity contribution in [3.63, 3.8) is 0 Å². The summed E-state index contributed by atoms with van der Waals surface area (Å²) in [7, 11) is 1.98. The van der Waals surface area contributed by atoms with E-state index in [0.29, 0.717) is 0 Å². The minimum Gasteiger partial charge on any atom is -0.388 e. The average Bonchev–Trinajstić information content (AvgIpc) is 2.13. The number of nitrogens with one attached hydrogen (secondary N) is 1. The van der Waals surface area contributed by atoms with E-state index in [0.717, 1.165) is 0 Å². The number of rotatable bonds is 1. The molecule has 0 fully saturated rings. The molecule has 56 valence electrons. The van der Waals surface area contributed by atoms with Gasteiger partial charge >= 0.3 is 0 Å². The minimum atomic E-state index is 1.22. The lowest BCUT2D eigenvalue weighted by Crippen LogP contribution is -2.04. The van der Waals surface area contributed by atoms with Crippen LogP contribution >= 0.6 is 0 Å². The molecule has 0 unspecified atom stereocenters. The van der Waals surface area contributed by atoms with Gasteiger partial charge < -0.3 is 5.32 Å². The first kappa shape index (κ1) is 7.39. The van der Waals surface area contributed by atoms with Gasteiger partial charge in [-0.15, -0.1) is 0 Å². The van der Waals surface area contributed by atoms with Gasteiger partial charge in [-0.25, -0.2) is 0 Å². The number of hydrogen-bond donors (Lipinski definition) is 1. The van der Waals surface area contributed by atoms with Gasteiger partial charge in [-0.2, -0.15) is 0 Å². The first-order valence-corrected chi connectivity index (χ1v) is 3.88. The van der Waals surface area contributed by atoms with Gasteiger partial charge in [-0.1, -0.05) is 11.6 Å². The largest absolute Gasteiger partial charge is 0.388 e. The topological polar surface area (TPSA) is 12.0 Å². The molecule has 0 aliphatic heterocycles. The summed E-state index contributed by atoms with van der Waals surface area (Å²) in [6, 6.07) is 0. The second kappa shape index (κ2) is 3.45. The lowest BCUT2D eigenvalue weighted by atomic mass is 10.1. The minimum absolute atomic E-state index is 1.22. The first-order valence-electron chi connectivity index (χ1n) is 3.88.